The zero-order valence-corrected chi connectivity index (χ0v) is 11.5. The van der Waals surface area contributed by atoms with Crippen molar-refractivity contribution < 1.29 is 14.6 Å². The molecular formula is C16H22O3. The smallest absolute Gasteiger partial charge is 0.119 e. The Balaban J connectivity index is 1.83. The Morgan fingerprint density at radius 1 is 1.37 bits per heavy atom. The molecule has 19 heavy (non-hydrogen) atoms. The zero-order chi connectivity index (χ0) is 13.3. The Morgan fingerprint density at radius 2 is 2.26 bits per heavy atom. The minimum absolute atomic E-state index is 0.278. The van der Waals surface area contributed by atoms with Gasteiger partial charge in [0.2, 0.25) is 0 Å². The topological polar surface area (TPSA) is 38.7 Å². The third-order valence-corrected chi connectivity index (χ3v) is 4.66. The molecule has 2 aliphatic rings. The maximum atomic E-state index is 11.0. The monoisotopic (exact) mass is 262 g/mol. The van der Waals surface area contributed by atoms with Gasteiger partial charge in [-0.1, -0.05) is 6.07 Å². The van der Waals surface area contributed by atoms with Gasteiger partial charge >= 0.3 is 0 Å². The van der Waals surface area contributed by atoms with Gasteiger partial charge in [-0.25, -0.2) is 0 Å². The molecule has 0 radical (unpaired) electrons. The summed E-state index contributed by atoms with van der Waals surface area (Å²) in [5.74, 6) is 1.16. The number of hydrogen-bond donors (Lipinski definition) is 1. The number of benzene rings is 1. The molecule has 3 rings (SSSR count). The van der Waals surface area contributed by atoms with Gasteiger partial charge in [0.1, 0.15) is 5.75 Å². The fourth-order valence-electron chi connectivity index (χ4n) is 3.42. The second-order valence-electron chi connectivity index (χ2n) is 5.83. The van der Waals surface area contributed by atoms with Crippen LogP contribution in [0.3, 0.4) is 0 Å². The first kappa shape index (κ1) is 12.9. The van der Waals surface area contributed by atoms with Crippen molar-refractivity contribution in [3.8, 4) is 5.75 Å². The molecule has 0 aromatic heterocycles. The Hall–Kier alpha value is -1.06. The highest BCUT2D eigenvalue weighted by molar-refractivity contribution is 5.38. The van der Waals surface area contributed by atoms with Gasteiger partial charge in [0.05, 0.1) is 19.3 Å². The van der Waals surface area contributed by atoms with E-state index in [-0.39, 0.29) is 5.92 Å². The molecule has 1 saturated heterocycles. The second kappa shape index (κ2) is 5.14. The molecule has 0 amide bonds. The van der Waals surface area contributed by atoms with Crippen LogP contribution in [0, 0.1) is 5.92 Å². The SMILES string of the molecule is COc1ccc2c(c1)CC(O)(C1CCCOC1)CC2. The summed E-state index contributed by atoms with van der Waals surface area (Å²) >= 11 is 0. The van der Waals surface area contributed by atoms with Gasteiger partial charge in [0.15, 0.2) is 0 Å². The van der Waals surface area contributed by atoms with Crippen molar-refractivity contribution >= 4 is 0 Å². The molecule has 1 aromatic carbocycles. The number of rotatable bonds is 2. The fourth-order valence-corrected chi connectivity index (χ4v) is 3.42. The highest BCUT2D eigenvalue weighted by atomic mass is 16.5. The van der Waals surface area contributed by atoms with Crippen LogP contribution >= 0.6 is 0 Å². The van der Waals surface area contributed by atoms with Crippen molar-refractivity contribution in [3.05, 3.63) is 29.3 Å². The van der Waals surface area contributed by atoms with E-state index in [4.69, 9.17) is 9.47 Å². The van der Waals surface area contributed by atoms with Crippen LogP contribution in [0.1, 0.15) is 30.4 Å². The van der Waals surface area contributed by atoms with Crippen LogP contribution in [-0.4, -0.2) is 31.0 Å². The van der Waals surface area contributed by atoms with Crippen LogP contribution in [-0.2, 0) is 17.6 Å². The van der Waals surface area contributed by atoms with Crippen LogP contribution < -0.4 is 4.74 Å². The lowest BCUT2D eigenvalue weighted by Crippen LogP contribution is -2.46. The van der Waals surface area contributed by atoms with Crippen molar-refractivity contribution in [1.29, 1.82) is 0 Å². The van der Waals surface area contributed by atoms with Crippen LogP contribution in [0.5, 0.6) is 5.75 Å². The number of methoxy groups -OCH3 is 1. The number of hydrogen-bond acceptors (Lipinski definition) is 3. The van der Waals surface area contributed by atoms with Gasteiger partial charge in [-0.05, 0) is 48.9 Å². The summed E-state index contributed by atoms with van der Waals surface area (Å²) in [5, 5.41) is 11.0. The lowest BCUT2D eigenvalue weighted by molar-refractivity contribution is -0.0861. The van der Waals surface area contributed by atoms with E-state index < -0.39 is 5.60 Å². The lowest BCUT2D eigenvalue weighted by atomic mass is 9.71. The fraction of sp³-hybridized carbons (Fsp3) is 0.625. The standard InChI is InChI=1S/C16H22O3/c1-18-15-5-4-12-6-7-16(17,10-13(12)9-15)14-3-2-8-19-11-14/h4-5,9,14,17H,2-3,6-8,10-11H2,1H3. The molecule has 3 nitrogen and oxygen atoms in total. The zero-order valence-electron chi connectivity index (χ0n) is 11.5. The number of aryl methyl sites for hydroxylation is 1. The highest BCUT2D eigenvalue weighted by Gasteiger charge is 2.40. The molecule has 1 aliphatic carbocycles. The predicted molar refractivity (Wildman–Crippen MR) is 73.5 cm³/mol. The Kier molecular flexibility index (Phi) is 3.50. The third kappa shape index (κ3) is 2.49. The van der Waals surface area contributed by atoms with E-state index in [1.165, 1.54) is 11.1 Å². The summed E-state index contributed by atoms with van der Waals surface area (Å²) in [6.07, 6.45) is 4.67. The van der Waals surface area contributed by atoms with Gasteiger partial charge in [0.25, 0.3) is 0 Å². The van der Waals surface area contributed by atoms with Gasteiger partial charge in [0, 0.05) is 18.9 Å². The maximum Gasteiger partial charge on any atom is 0.119 e. The summed E-state index contributed by atoms with van der Waals surface area (Å²) in [6.45, 7) is 1.55. The molecule has 1 aliphatic heterocycles. The summed E-state index contributed by atoms with van der Waals surface area (Å²) in [4.78, 5) is 0. The van der Waals surface area contributed by atoms with Gasteiger partial charge in [-0.3, -0.25) is 0 Å². The molecule has 1 fully saturated rings. The second-order valence-corrected chi connectivity index (χ2v) is 5.83. The van der Waals surface area contributed by atoms with Crippen molar-refractivity contribution in [2.24, 2.45) is 5.92 Å². The van der Waals surface area contributed by atoms with Gasteiger partial charge < -0.3 is 14.6 Å². The molecule has 0 bridgehead atoms. The quantitative estimate of drug-likeness (QED) is 0.889. The maximum absolute atomic E-state index is 11.0. The van der Waals surface area contributed by atoms with Crippen LogP contribution in [0.25, 0.3) is 0 Å². The van der Waals surface area contributed by atoms with Crippen molar-refractivity contribution in [3.63, 3.8) is 0 Å². The van der Waals surface area contributed by atoms with Gasteiger partial charge in [-0.2, -0.15) is 0 Å². The van der Waals surface area contributed by atoms with E-state index in [0.29, 0.717) is 6.61 Å². The number of fused-ring (bicyclic) bond motifs is 1. The lowest BCUT2D eigenvalue weighted by Gasteiger charge is -2.41. The summed E-state index contributed by atoms with van der Waals surface area (Å²) in [7, 11) is 1.69. The highest BCUT2D eigenvalue weighted by Crippen LogP contribution is 2.38. The minimum atomic E-state index is -0.597. The third-order valence-electron chi connectivity index (χ3n) is 4.66. The minimum Gasteiger partial charge on any atom is -0.497 e. The summed E-state index contributed by atoms with van der Waals surface area (Å²) in [6, 6.07) is 6.21. The van der Waals surface area contributed by atoms with Crippen molar-refractivity contribution in [2.45, 2.75) is 37.7 Å². The molecular weight excluding hydrogens is 240 g/mol. The molecule has 1 heterocycles. The Labute approximate surface area is 114 Å². The average molecular weight is 262 g/mol. The van der Waals surface area contributed by atoms with Gasteiger partial charge in [-0.15, -0.1) is 0 Å². The molecule has 104 valence electrons. The van der Waals surface area contributed by atoms with Crippen LogP contribution in [0.15, 0.2) is 18.2 Å². The first-order valence-corrected chi connectivity index (χ1v) is 7.17. The van der Waals surface area contributed by atoms with E-state index in [2.05, 4.69) is 12.1 Å². The number of aliphatic hydroxyl groups is 1. The van der Waals surface area contributed by atoms with Crippen LogP contribution in [0.4, 0.5) is 0 Å². The van der Waals surface area contributed by atoms with E-state index in [0.717, 1.165) is 44.5 Å². The summed E-state index contributed by atoms with van der Waals surface area (Å²) < 4.78 is 10.8. The Morgan fingerprint density at radius 3 is 3.00 bits per heavy atom. The molecule has 2 unspecified atom stereocenters. The van der Waals surface area contributed by atoms with Crippen molar-refractivity contribution in [1.82, 2.24) is 0 Å². The Bertz CT molecular complexity index is 451. The molecule has 1 N–H and O–H groups in total. The molecule has 2 atom stereocenters. The van der Waals surface area contributed by atoms with Crippen LogP contribution in [0.2, 0.25) is 0 Å². The molecule has 1 aromatic rings. The first-order valence-electron chi connectivity index (χ1n) is 7.17. The molecule has 0 saturated carbocycles. The largest absolute Gasteiger partial charge is 0.497 e. The average Bonchev–Trinajstić information content (AvgIpc) is 2.47. The molecule has 0 spiro atoms. The van der Waals surface area contributed by atoms with E-state index in [1.807, 2.05) is 6.07 Å². The van der Waals surface area contributed by atoms with Crippen molar-refractivity contribution in [2.75, 3.05) is 20.3 Å². The first-order chi connectivity index (χ1) is 9.21. The van der Waals surface area contributed by atoms with E-state index in [9.17, 15) is 5.11 Å². The van der Waals surface area contributed by atoms with E-state index >= 15 is 0 Å². The number of ether oxygens (including phenoxy) is 2. The normalized spacial score (nSPS) is 30.7. The summed E-state index contributed by atoms with van der Waals surface area (Å²) in [5.41, 5.74) is 1.99. The molecule has 3 heteroatoms. The van der Waals surface area contributed by atoms with E-state index in [1.54, 1.807) is 7.11 Å². The predicted octanol–water partition coefficient (Wildman–Crippen LogP) is 2.34.